The molecule has 0 spiro atoms. The van der Waals surface area contributed by atoms with Gasteiger partial charge in [-0.25, -0.2) is 18.5 Å². The lowest BCUT2D eigenvalue weighted by Gasteiger charge is -2.11. The molecule has 0 unspecified atom stereocenters. The van der Waals surface area contributed by atoms with Crippen LogP contribution in [-0.4, -0.2) is 24.3 Å². The Bertz CT molecular complexity index is 1380. The molecule has 4 rings (SSSR count). The van der Waals surface area contributed by atoms with Crippen LogP contribution in [0.1, 0.15) is 27.2 Å². The van der Waals surface area contributed by atoms with E-state index in [1.807, 2.05) is 60.7 Å². The van der Waals surface area contributed by atoms with Gasteiger partial charge in [-0.05, 0) is 35.2 Å². The SMILES string of the molecule is NS(=O)(=O)c1cccc(Cc2cccc(Cn3c(-c4ccccc4)nc(Cl)c3C=O)c2)c1. The molecule has 0 radical (unpaired) electrons. The Morgan fingerprint density at radius 2 is 1.56 bits per heavy atom. The van der Waals surface area contributed by atoms with Gasteiger partial charge < -0.3 is 4.57 Å². The molecular formula is C24H20ClN3O3S. The first-order valence-electron chi connectivity index (χ1n) is 9.81. The summed E-state index contributed by atoms with van der Waals surface area (Å²) in [6.45, 7) is 0.406. The summed E-state index contributed by atoms with van der Waals surface area (Å²) in [7, 11) is -3.76. The zero-order valence-electron chi connectivity index (χ0n) is 17.0. The number of benzene rings is 3. The largest absolute Gasteiger partial charge is 0.316 e. The number of nitrogens with zero attached hydrogens (tertiary/aromatic N) is 2. The van der Waals surface area contributed by atoms with Gasteiger partial charge >= 0.3 is 0 Å². The van der Waals surface area contributed by atoms with Gasteiger partial charge in [-0.2, -0.15) is 0 Å². The first-order valence-corrected chi connectivity index (χ1v) is 11.7. The fraction of sp³-hybridized carbons (Fsp3) is 0.0833. The van der Waals surface area contributed by atoms with E-state index < -0.39 is 10.0 Å². The third kappa shape index (κ3) is 4.80. The summed E-state index contributed by atoms with van der Waals surface area (Å²) >= 11 is 6.23. The van der Waals surface area contributed by atoms with E-state index >= 15 is 0 Å². The number of aldehydes is 1. The number of rotatable bonds is 7. The van der Waals surface area contributed by atoms with Gasteiger partial charge in [0, 0.05) is 12.1 Å². The maximum Gasteiger partial charge on any atom is 0.238 e. The smallest absolute Gasteiger partial charge is 0.238 e. The minimum Gasteiger partial charge on any atom is -0.316 e. The van der Waals surface area contributed by atoms with Crippen LogP contribution in [0.25, 0.3) is 11.4 Å². The van der Waals surface area contributed by atoms with Gasteiger partial charge in [-0.1, -0.05) is 78.3 Å². The van der Waals surface area contributed by atoms with Crippen molar-refractivity contribution >= 4 is 27.9 Å². The van der Waals surface area contributed by atoms with Crippen molar-refractivity contribution in [2.45, 2.75) is 17.9 Å². The molecule has 6 nitrogen and oxygen atoms in total. The first kappa shape index (κ1) is 22.0. The van der Waals surface area contributed by atoms with E-state index in [9.17, 15) is 13.2 Å². The van der Waals surface area contributed by atoms with Crippen molar-refractivity contribution in [3.63, 3.8) is 0 Å². The summed E-state index contributed by atoms with van der Waals surface area (Å²) in [6, 6.07) is 24.0. The average Bonchev–Trinajstić information content (AvgIpc) is 3.09. The highest BCUT2D eigenvalue weighted by Crippen LogP contribution is 2.26. The Morgan fingerprint density at radius 3 is 2.25 bits per heavy atom. The van der Waals surface area contributed by atoms with Crippen LogP contribution in [0.5, 0.6) is 0 Å². The van der Waals surface area contributed by atoms with E-state index in [-0.39, 0.29) is 10.0 Å². The Hall–Kier alpha value is -3.26. The second kappa shape index (κ2) is 9.08. The summed E-state index contributed by atoms with van der Waals surface area (Å²) in [5.41, 5.74) is 3.96. The molecule has 3 aromatic carbocycles. The van der Waals surface area contributed by atoms with Crippen LogP contribution in [0.3, 0.4) is 0 Å². The normalized spacial score (nSPS) is 11.4. The molecular weight excluding hydrogens is 446 g/mol. The number of carbonyl (C=O) groups excluding carboxylic acids is 1. The zero-order chi connectivity index (χ0) is 22.7. The molecule has 0 fully saturated rings. The summed E-state index contributed by atoms with van der Waals surface area (Å²) in [5, 5.41) is 5.41. The minimum absolute atomic E-state index is 0.0855. The van der Waals surface area contributed by atoms with Gasteiger partial charge in [0.15, 0.2) is 11.4 Å². The van der Waals surface area contributed by atoms with Crippen LogP contribution in [0.15, 0.2) is 83.8 Å². The molecule has 1 heterocycles. The summed E-state index contributed by atoms with van der Waals surface area (Å²) < 4.78 is 25.1. The lowest BCUT2D eigenvalue weighted by molar-refractivity contribution is 0.111. The van der Waals surface area contributed by atoms with Crippen molar-refractivity contribution < 1.29 is 13.2 Å². The molecule has 0 atom stereocenters. The molecule has 32 heavy (non-hydrogen) atoms. The second-order valence-electron chi connectivity index (χ2n) is 7.37. The maximum absolute atomic E-state index is 11.7. The number of halogens is 1. The number of sulfonamides is 1. The number of imidazole rings is 1. The minimum atomic E-state index is -3.76. The molecule has 0 bridgehead atoms. The van der Waals surface area contributed by atoms with E-state index in [1.165, 1.54) is 6.07 Å². The van der Waals surface area contributed by atoms with Gasteiger partial charge in [0.05, 0.1) is 4.90 Å². The Balaban J connectivity index is 1.65. The number of carbonyl (C=O) groups is 1. The average molecular weight is 466 g/mol. The highest BCUT2D eigenvalue weighted by Gasteiger charge is 2.17. The van der Waals surface area contributed by atoms with Gasteiger partial charge in [0.1, 0.15) is 11.5 Å². The lowest BCUT2D eigenvalue weighted by Crippen LogP contribution is -2.12. The Kier molecular flexibility index (Phi) is 6.23. The van der Waals surface area contributed by atoms with Crippen molar-refractivity contribution in [1.29, 1.82) is 0 Å². The third-order valence-electron chi connectivity index (χ3n) is 5.07. The first-order chi connectivity index (χ1) is 15.3. The Morgan fingerprint density at radius 1 is 0.906 bits per heavy atom. The summed E-state index contributed by atoms with van der Waals surface area (Å²) in [5.74, 6) is 0.615. The lowest BCUT2D eigenvalue weighted by atomic mass is 10.0. The van der Waals surface area contributed by atoms with Gasteiger partial charge in [-0.15, -0.1) is 0 Å². The Labute approximate surface area is 191 Å². The molecule has 0 amide bonds. The number of hydrogen-bond donors (Lipinski definition) is 1. The molecule has 4 aromatic rings. The standard InChI is InChI=1S/C24H20ClN3O3S/c25-23-22(16-29)28(24(27-23)20-9-2-1-3-10-20)15-19-8-4-6-17(13-19)12-18-7-5-11-21(14-18)32(26,30)31/h1-11,13-14,16H,12,15H2,(H2,26,30,31). The third-order valence-corrected chi connectivity index (χ3v) is 6.26. The predicted octanol–water partition coefficient (Wildman–Crippen LogP) is 4.30. The van der Waals surface area contributed by atoms with E-state index in [0.29, 0.717) is 30.8 Å². The highest BCUT2D eigenvalue weighted by molar-refractivity contribution is 7.89. The van der Waals surface area contributed by atoms with Gasteiger partial charge in [0.2, 0.25) is 10.0 Å². The molecule has 0 aliphatic heterocycles. The van der Waals surface area contributed by atoms with E-state index in [0.717, 1.165) is 22.3 Å². The van der Waals surface area contributed by atoms with E-state index in [4.69, 9.17) is 16.7 Å². The number of primary sulfonamides is 1. The molecule has 2 N–H and O–H groups in total. The topological polar surface area (TPSA) is 95.1 Å². The molecule has 162 valence electrons. The van der Waals surface area contributed by atoms with Crippen molar-refractivity contribution in [2.75, 3.05) is 0 Å². The molecule has 8 heteroatoms. The van der Waals surface area contributed by atoms with Crippen molar-refractivity contribution in [1.82, 2.24) is 9.55 Å². The number of hydrogen-bond acceptors (Lipinski definition) is 4. The van der Waals surface area contributed by atoms with E-state index in [2.05, 4.69) is 4.98 Å². The van der Waals surface area contributed by atoms with Crippen molar-refractivity contribution in [2.24, 2.45) is 5.14 Å². The fourth-order valence-corrected chi connectivity index (χ4v) is 4.42. The summed E-state index contributed by atoms with van der Waals surface area (Å²) in [4.78, 5) is 16.2. The van der Waals surface area contributed by atoms with Crippen LogP contribution in [0, 0.1) is 0 Å². The number of nitrogens with two attached hydrogens (primary N) is 1. The van der Waals surface area contributed by atoms with Gasteiger partial charge in [0.25, 0.3) is 0 Å². The maximum atomic E-state index is 11.7. The molecule has 0 aliphatic rings. The van der Waals surface area contributed by atoms with E-state index in [1.54, 1.807) is 16.7 Å². The van der Waals surface area contributed by atoms with Crippen LogP contribution >= 0.6 is 11.6 Å². The fourth-order valence-electron chi connectivity index (χ4n) is 3.60. The van der Waals surface area contributed by atoms with Crippen LogP contribution in [0.2, 0.25) is 5.15 Å². The second-order valence-corrected chi connectivity index (χ2v) is 9.29. The number of aromatic nitrogens is 2. The van der Waals surface area contributed by atoms with Crippen LogP contribution in [-0.2, 0) is 23.0 Å². The summed E-state index contributed by atoms with van der Waals surface area (Å²) in [6.07, 6.45) is 1.25. The quantitative estimate of drug-likeness (QED) is 0.411. The predicted molar refractivity (Wildman–Crippen MR) is 124 cm³/mol. The zero-order valence-corrected chi connectivity index (χ0v) is 18.6. The molecule has 0 aliphatic carbocycles. The molecule has 0 saturated heterocycles. The van der Waals surface area contributed by atoms with Gasteiger partial charge in [-0.3, -0.25) is 4.79 Å². The van der Waals surface area contributed by atoms with Crippen molar-refractivity contribution in [3.05, 3.63) is 106 Å². The van der Waals surface area contributed by atoms with Crippen LogP contribution < -0.4 is 5.14 Å². The van der Waals surface area contributed by atoms with Crippen molar-refractivity contribution in [3.8, 4) is 11.4 Å². The monoisotopic (exact) mass is 465 g/mol. The highest BCUT2D eigenvalue weighted by atomic mass is 35.5. The molecule has 0 saturated carbocycles. The van der Waals surface area contributed by atoms with Crippen LogP contribution in [0.4, 0.5) is 0 Å². The molecule has 1 aromatic heterocycles.